The summed E-state index contributed by atoms with van der Waals surface area (Å²) in [5.41, 5.74) is 3.04. The molecule has 4 rings (SSSR count). The van der Waals surface area contributed by atoms with E-state index in [0.29, 0.717) is 77.8 Å². The number of aromatic nitrogens is 2. The Morgan fingerprint density at radius 2 is 1.23 bits per heavy atom. The zero-order valence-electron chi connectivity index (χ0n) is 28.1. The van der Waals surface area contributed by atoms with E-state index in [1.165, 1.54) is 18.4 Å². The molecule has 2 aliphatic rings. The van der Waals surface area contributed by atoms with Crippen LogP contribution >= 0.6 is 0 Å². The van der Waals surface area contributed by atoms with Crippen LogP contribution in [0.25, 0.3) is 0 Å². The molecule has 47 heavy (non-hydrogen) atoms. The Hall–Kier alpha value is -2.68. The maximum absolute atomic E-state index is 8.90. The third-order valence-corrected chi connectivity index (χ3v) is 6.95. The maximum atomic E-state index is 8.90. The lowest BCUT2D eigenvalue weighted by Gasteiger charge is -2.22. The molecule has 2 atom stereocenters. The van der Waals surface area contributed by atoms with Gasteiger partial charge in [-0.1, -0.05) is 11.6 Å². The van der Waals surface area contributed by atoms with Crippen LogP contribution in [0.3, 0.4) is 0 Å². The molecule has 0 amide bonds. The third kappa shape index (κ3) is 19.0. The molecule has 12 nitrogen and oxygen atoms in total. The molecule has 0 radical (unpaired) electrons. The van der Waals surface area contributed by atoms with E-state index in [-0.39, 0.29) is 19.2 Å². The lowest BCUT2D eigenvalue weighted by atomic mass is 10.2. The predicted octanol–water partition coefficient (Wildman–Crippen LogP) is 5.02. The summed E-state index contributed by atoms with van der Waals surface area (Å²) in [6.45, 7) is 10.9. The molecule has 2 aromatic heterocycles. The Labute approximate surface area is 279 Å². The second-order valence-electron chi connectivity index (χ2n) is 11.2. The Balaban J connectivity index is 0.000000261. The first-order chi connectivity index (χ1) is 23.1. The van der Waals surface area contributed by atoms with Crippen molar-refractivity contribution in [2.24, 2.45) is 0 Å². The number of pyridine rings is 2. The van der Waals surface area contributed by atoms with Crippen molar-refractivity contribution in [3.8, 4) is 11.8 Å². The number of hydrogen-bond donors (Lipinski definition) is 1. The van der Waals surface area contributed by atoms with Crippen LogP contribution < -0.4 is 9.47 Å². The van der Waals surface area contributed by atoms with Crippen molar-refractivity contribution in [3.05, 3.63) is 59.4 Å². The number of rotatable bonds is 21. The summed E-state index contributed by atoms with van der Waals surface area (Å²) in [4.78, 5) is 8.34. The van der Waals surface area contributed by atoms with Crippen LogP contribution in [0, 0.1) is 0 Å². The zero-order valence-corrected chi connectivity index (χ0v) is 28.1. The van der Waals surface area contributed by atoms with Gasteiger partial charge in [0, 0.05) is 37.7 Å². The molecule has 2 saturated heterocycles. The first-order valence-electron chi connectivity index (χ1n) is 16.7. The summed E-state index contributed by atoms with van der Waals surface area (Å²) in [7, 11) is 0. The van der Waals surface area contributed by atoms with E-state index >= 15 is 0 Å². The van der Waals surface area contributed by atoms with Gasteiger partial charge in [-0.3, -0.25) is 0 Å². The molecule has 0 spiro atoms. The molecule has 4 heterocycles. The van der Waals surface area contributed by atoms with E-state index in [4.69, 9.17) is 47.7 Å². The van der Waals surface area contributed by atoms with Gasteiger partial charge in [0.2, 0.25) is 11.8 Å². The average molecular weight is 663 g/mol. The molecule has 2 aliphatic heterocycles. The van der Waals surface area contributed by atoms with Crippen LogP contribution in [-0.4, -0.2) is 100 Å². The molecule has 0 bridgehead atoms. The Morgan fingerprint density at radius 1 is 0.702 bits per heavy atom. The van der Waals surface area contributed by atoms with Crippen molar-refractivity contribution in [2.75, 3.05) is 72.7 Å². The van der Waals surface area contributed by atoms with Crippen LogP contribution in [0.1, 0.15) is 63.5 Å². The van der Waals surface area contributed by atoms with Gasteiger partial charge in [0.25, 0.3) is 0 Å². The highest BCUT2D eigenvalue weighted by Gasteiger charge is 2.14. The van der Waals surface area contributed by atoms with Crippen LogP contribution in [0.4, 0.5) is 0 Å². The van der Waals surface area contributed by atoms with Gasteiger partial charge in [0.05, 0.1) is 59.5 Å². The minimum absolute atomic E-state index is 0.0128. The minimum atomic E-state index is -0.0622. The topological polar surface area (TPSA) is 129 Å². The van der Waals surface area contributed by atoms with E-state index in [2.05, 4.69) is 29.9 Å². The fourth-order valence-corrected chi connectivity index (χ4v) is 4.35. The van der Waals surface area contributed by atoms with Gasteiger partial charge in [-0.05, 0) is 75.6 Å². The van der Waals surface area contributed by atoms with E-state index in [9.17, 15) is 0 Å². The highest BCUT2D eigenvalue weighted by Crippen LogP contribution is 2.14. The number of nitrogens with zero attached hydrogens (tertiary/aromatic N) is 2. The normalized spacial score (nSPS) is 17.8. The number of aliphatic hydroxyl groups is 1. The number of hydrogen-bond acceptors (Lipinski definition) is 12. The van der Waals surface area contributed by atoms with Crippen molar-refractivity contribution in [1.29, 1.82) is 0 Å². The SMILES string of the molecule is CC(C)=CCOCc1ccc(OCCOCCOC2CCCCO2)nc1.OCc1ccc(OCCOCCOC2CCCCO2)nc1. The summed E-state index contributed by atoms with van der Waals surface area (Å²) in [6.07, 6.45) is 11.8. The van der Waals surface area contributed by atoms with E-state index in [1.807, 2.05) is 12.1 Å². The lowest BCUT2D eigenvalue weighted by molar-refractivity contribution is -0.169. The van der Waals surface area contributed by atoms with Gasteiger partial charge in [0.15, 0.2) is 12.6 Å². The Kier molecular flexibility index (Phi) is 20.9. The van der Waals surface area contributed by atoms with Crippen molar-refractivity contribution < 1.29 is 47.7 Å². The molecule has 1 N–H and O–H groups in total. The average Bonchev–Trinajstić information content (AvgIpc) is 3.11. The van der Waals surface area contributed by atoms with Gasteiger partial charge in [0.1, 0.15) is 13.2 Å². The number of allylic oxidation sites excluding steroid dienone is 1. The van der Waals surface area contributed by atoms with Gasteiger partial charge in [-0.25, -0.2) is 9.97 Å². The molecule has 12 heteroatoms. The lowest BCUT2D eigenvalue weighted by Crippen LogP contribution is -2.24. The molecule has 0 aromatic carbocycles. The predicted molar refractivity (Wildman–Crippen MR) is 175 cm³/mol. The van der Waals surface area contributed by atoms with Gasteiger partial charge in [-0.15, -0.1) is 0 Å². The highest BCUT2D eigenvalue weighted by molar-refractivity contribution is 5.17. The van der Waals surface area contributed by atoms with Crippen molar-refractivity contribution >= 4 is 0 Å². The fraction of sp³-hybridized carbons (Fsp3) is 0.657. The molecular formula is C35H54N2O10. The van der Waals surface area contributed by atoms with Crippen LogP contribution in [-0.2, 0) is 46.4 Å². The quantitative estimate of drug-likeness (QED) is 0.142. The highest BCUT2D eigenvalue weighted by atomic mass is 16.7. The standard InChI is InChI=1S/C20H31NO5.C15H23NO5/c1-17(2)8-10-23-16-18-6-7-19(21-15-18)24-13-11-22-12-14-26-20-5-3-4-9-25-20;17-12-13-4-5-14(16-11-13)19-9-7-18-8-10-21-15-3-1-2-6-20-15/h6-8,15,20H,3-5,9-14,16H2,1-2H3;4-5,11,15,17H,1-3,6-10,12H2. The molecule has 0 saturated carbocycles. The molecular weight excluding hydrogens is 608 g/mol. The van der Waals surface area contributed by atoms with Crippen molar-refractivity contribution in [2.45, 2.75) is 78.2 Å². The summed E-state index contributed by atoms with van der Waals surface area (Å²) >= 11 is 0. The van der Waals surface area contributed by atoms with Gasteiger partial charge < -0.3 is 47.7 Å². The summed E-state index contributed by atoms with van der Waals surface area (Å²) in [6, 6.07) is 7.32. The second-order valence-corrected chi connectivity index (χ2v) is 11.2. The fourth-order valence-electron chi connectivity index (χ4n) is 4.35. The smallest absolute Gasteiger partial charge is 0.213 e. The third-order valence-electron chi connectivity index (χ3n) is 6.95. The Bertz CT molecular complexity index is 1060. The summed E-state index contributed by atoms with van der Waals surface area (Å²) in [5.74, 6) is 1.12. The largest absolute Gasteiger partial charge is 0.475 e. The number of aliphatic hydroxyl groups excluding tert-OH is 1. The second kappa shape index (κ2) is 25.4. The van der Waals surface area contributed by atoms with Crippen molar-refractivity contribution in [1.82, 2.24) is 9.97 Å². The molecule has 2 aromatic rings. The molecule has 2 unspecified atom stereocenters. The van der Waals surface area contributed by atoms with E-state index in [1.54, 1.807) is 24.5 Å². The Morgan fingerprint density at radius 3 is 1.68 bits per heavy atom. The first-order valence-corrected chi connectivity index (χ1v) is 16.7. The van der Waals surface area contributed by atoms with E-state index in [0.717, 1.165) is 50.0 Å². The maximum Gasteiger partial charge on any atom is 0.213 e. The zero-order chi connectivity index (χ0) is 33.2. The molecule has 0 aliphatic carbocycles. The summed E-state index contributed by atoms with van der Waals surface area (Å²) < 4.78 is 49.5. The van der Waals surface area contributed by atoms with Crippen LogP contribution in [0.2, 0.25) is 0 Å². The van der Waals surface area contributed by atoms with E-state index < -0.39 is 0 Å². The molecule has 264 valence electrons. The van der Waals surface area contributed by atoms with Gasteiger partial charge in [-0.2, -0.15) is 0 Å². The first kappa shape index (κ1) is 38.8. The number of ether oxygens (including phenoxy) is 9. The summed E-state index contributed by atoms with van der Waals surface area (Å²) in [5, 5.41) is 8.90. The van der Waals surface area contributed by atoms with Crippen LogP contribution in [0.15, 0.2) is 48.3 Å². The minimum Gasteiger partial charge on any atom is -0.475 e. The monoisotopic (exact) mass is 662 g/mol. The van der Waals surface area contributed by atoms with Crippen LogP contribution in [0.5, 0.6) is 11.8 Å². The van der Waals surface area contributed by atoms with Crippen molar-refractivity contribution in [3.63, 3.8) is 0 Å². The van der Waals surface area contributed by atoms with Gasteiger partial charge >= 0.3 is 0 Å². The molecule has 2 fully saturated rings.